The van der Waals surface area contributed by atoms with Crippen LogP contribution in [-0.2, 0) is 20.9 Å². The van der Waals surface area contributed by atoms with Gasteiger partial charge in [-0.2, -0.15) is 0 Å². The Balaban J connectivity index is 1.40. The zero-order chi connectivity index (χ0) is 21.0. The fourth-order valence-electron chi connectivity index (χ4n) is 4.93. The van der Waals surface area contributed by atoms with Crippen molar-refractivity contribution in [1.82, 2.24) is 10.1 Å². The van der Waals surface area contributed by atoms with E-state index in [0.717, 1.165) is 5.69 Å². The van der Waals surface area contributed by atoms with Crippen LogP contribution < -0.4 is 4.90 Å². The maximum atomic E-state index is 13.5. The van der Waals surface area contributed by atoms with E-state index in [4.69, 9.17) is 9.26 Å². The number of hydrogen-bond acceptors (Lipinski definition) is 5. The van der Waals surface area contributed by atoms with Gasteiger partial charge in [-0.25, -0.2) is 0 Å². The normalized spacial score (nSPS) is 29.1. The number of carbonyl (C=O) groups is 2. The van der Waals surface area contributed by atoms with Crippen LogP contribution in [0.25, 0.3) is 0 Å². The van der Waals surface area contributed by atoms with Gasteiger partial charge >= 0.3 is 0 Å². The highest BCUT2D eigenvalue weighted by Gasteiger charge is 2.67. The van der Waals surface area contributed by atoms with E-state index in [1.54, 1.807) is 29.1 Å². The molecule has 2 saturated heterocycles. The molecule has 3 aliphatic heterocycles. The smallest absolute Gasteiger partial charge is 0.234 e. The molecule has 2 bridgehead atoms. The first-order valence-electron chi connectivity index (χ1n) is 10.3. The minimum atomic E-state index is -0.730. The molecule has 1 spiro atoms. The molecule has 0 radical (unpaired) electrons. The third kappa shape index (κ3) is 2.80. The maximum Gasteiger partial charge on any atom is 0.234 e. The molecule has 0 saturated carbocycles. The first-order chi connectivity index (χ1) is 14.4. The Morgan fingerprint density at radius 3 is 2.73 bits per heavy atom. The Bertz CT molecular complexity index is 998. The minimum absolute atomic E-state index is 0.0504. The molecule has 0 N–H and O–H groups in total. The van der Waals surface area contributed by atoms with Crippen molar-refractivity contribution in [3.05, 3.63) is 60.0 Å². The van der Waals surface area contributed by atoms with Crippen LogP contribution in [0.4, 0.5) is 5.69 Å². The molecule has 4 heterocycles. The molecule has 0 aliphatic carbocycles. The average Bonchev–Trinajstić information content (AvgIpc) is 3.50. The Labute approximate surface area is 175 Å². The molecule has 0 unspecified atom stereocenters. The quantitative estimate of drug-likeness (QED) is 0.713. The van der Waals surface area contributed by atoms with E-state index in [1.165, 1.54) is 5.56 Å². The summed E-state index contributed by atoms with van der Waals surface area (Å²) in [5.74, 6) is -0.180. The predicted molar refractivity (Wildman–Crippen MR) is 110 cm³/mol. The van der Waals surface area contributed by atoms with Crippen molar-refractivity contribution in [1.29, 1.82) is 0 Å². The van der Waals surface area contributed by atoms with Gasteiger partial charge in [0.2, 0.25) is 11.8 Å². The van der Waals surface area contributed by atoms with Crippen molar-refractivity contribution in [2.45, 2.75) is 38.0 Å². The molecule has 2 aromatic rings. The molecular formula is C23H25N3O4. The summed E-state index contributed by atoms with van der Waals surface area (Å²) in [6.45, 7) is 5.02. The fourth-order valence-corrected chi connectivity index (χ4v) is 4.93. The molecule has 156 valence electrons. The second kappa shape index (κ2) is 6.80. The Morgan fingerprint density at radius 1 is 1.30 bits per heavy atom. The summed E-state index contributed by atoms with van der Waals surface area (Å²) in [5, 5.41) is 3.69. The molecule has 4 atom stereocenters. The first-order valence-corrected chi connectivity index (χ1v) is 10.3. The zero-order valence-electron chi connectivity index (χ0n) is 17.3. The van der Waals surface area contributed by atoms with Gasteiger partial charge in [0.15, 0.2) is 5.76 Å². The van der Waals surface area contributed by atoms with Gasteiger partial charge < -0.3 is 19.1 Å². The molecule has 2 fully saturated rings. The van der Waals surface area contributed by atoms with Crippen LogP contribution in [0.1, 0.15) is 31.1 Å². The lowest BCUT2D eigenvalue weighted by Gasteiger charge is -2.27. The molecule has 1 aromatic carbocycles. The van der Waals surface area contributed by atoms with Gasteiger partial charge in [-0.3, -0.25) is 9.59 Å². The second-order valence-corrected chi connectivity index (χ2v) is 8.74. The third-order valence-corrected chi connectivity index (χ3v) is 6.52. The molecule has 3 aliphatic rings. The van der Waals surface area contributed by atoms with E-state index in [2.05, 4.69) is 31.1 Å². The van der Waals surface area contributed by atoms with Crippen molar-refractivity contribution in [2.24, 2.45) is 11.8 Å². The van der Waals surface area contributed by atoms with E-state index in [1.807, 2.05) is 24.3 Å². The van der Waals surface area contributed by atoms with Crippen molar-refractivity contribution in [3.8, 4) is 0 Å². The standard InChI is InChI=1S/C23H25N3O4/c1-14(2)15-4-6-16(7-5-15)26-13-23-10-8-18(29-23)19(20(23)22(26)28)21(27)25(3)12-17-9-11-24-30-17/h4-11,14,18-20H,12-13H2,1-3H3/t18-,19-,20-,23-/m0/s1. The van der Waals surface area contributed by atoms with Crippen molar-refractivity contribution in [3.63, 3.8) is 0 Å². The number of nitrogens with zero attached hydrogens (tertiary/aromatic N) is 3. The van der Waals surface area contributed by atoms with Crippen LogP contribution in [0.3, 0.4) is 0 Å². The summed E-state index contributed by atoms with van der Waals surface area (Å²) < 4.78 is 11.4. The lowest BCUT2D eigenvalue weighted by atomic mass is 9.76. The number of benzene rings is 1. The van der Waals surface area contributed by atoms with Crippen molar-refractivity contribution in [2.75, 3.05) is 18.5 Å². The molecule has 5 rings (SSSR count). The van der Waals surface area contributed by atoms with Gasteiger partial charge in [-0.05, 0) is 23.6 Å². The summed E-state index contributed by atoms with van der Waals surface area (Å²) in [6.07, 6.45) is 5.09. The van der Waals surface area contributed by atoms with E-state index in [9.17, 15) is 9.59 Å². The Morgan fingerprint density at radius 2 is 2.07 bits per heavy atom. The molecular weight excluding hydrogens is 382 g/mol. The summed E-state index contributed by atoms with van der Waals surface area (Å²) in [4.78, 5) is 30.1. The maximum absolute atomic E-state index is 13.5. The number of amides is 2. The Kier molecular flexibility index (Phi) is 4.32. The number of carbonyl (C=O) groups excluding carboxylic acids is 2. The van der Waals surface area contributed by atoms with Gasteiger partial charge in [0.05, 0.1) is 37.2 Å². The number of ether oxygens (including phenoxy) is 1. The van der Waals surface area contributed by atoms with Crippen molar-refractivity contribution >= 4 is 17.5 Å². The summed E-state index contributed by atoms with van der Waals surface area (Å²) >= 11 is 0. The van der Waals surface area contributed by atoms with Crippen molar-refractivity contribution < 1.29 is 18.8 Å². The molecule has 7 heteroatoms. The number of hydrogen-bond donors (Lipinski definition) is 0. The van der Waals surface area contributed by atoms with Gasteiger partial charge in [-0.15, -0.1) is 0 Å². The molecule has 7 nitrogen and oxygen atoms in total. The van der Waals surface area contributed by atoms with E-state index < -0.39 is 17.4 Å². The summed E-state index contributed by atoms with van der Waals surface area (Å²) in [5.41, 5.74) is 1.34. The van der Waals surface area contributed by atoms with Gasteiger partial charge in [0.25, 0.3) is 0 Å². The molecule has 30 heavy (non-hydrogen) atoms. The summed E-state index contributed by atoms with van der Waals surface area (Å²) in [7, 11) is 1.72. The lowest BCUT2D eigenvalue weighted by molar-refractivity contribution is -0.139. The topological polar surface area (TPSA) is 75.9 Å². The highest BCUT2D eigenvalue weighted by molar-refractivity contribution is 6.03. The Hall–Kier alpha value is -2.93. The lowest BCUT2D eigenvalue weighted by Crippen LogP contribution is -2.44. The number of rotatable bonds is 5. The van der Waals surface area contributed by atoms with E-state index in [-0.39, 0.29) is 17.9 Å². The predicted octanol–water partition coefficient (Wildman–Crippen LogP) is 2.74. The summed E-state index contributed by atoms with van der Waals surface area (Å²) in [6, 6.07) is 9.80. The van der Waals surface area contributed by atoms with Gasteiger partial charge in [0, 0.05) is 18.8 Å². The van der Waals surface area contributed by atoms with Gasteiger partial charge in [0.1, 0.15) is 5.60 Å². The fraction of sp³-hybridized carbons (Fsp3) is 0.435. The van der Waals surface area contributed by atoms with Gasteiger partial charge in [-0.1, -0.05) is 43.3 Å². The average molecular weight is 407 g/mol. The largest absolute Gasteiger partial charge is 0.360 e. The zero-order valence-corrected chi connectivity index (χ0v) is 17.3. The first kappa shape index (κ1) is 19.1. The van der Waals surface area contributed by atoms with E-state index >= 15 is 0 Å². The SMILES string of the molecule is CC(C)c1ccc(N2C[C@]34C=C[C@H](O3)[C@H](C(=O)N(C)Cc3ccno3)[C@H]4C2=O)cc1. The van der Waals surface area contributed by atoms with Crippen LogP contribution in [0, 0.1) is 11.8 Å². The second-order valence-electron chi connectivity index (χ2n) is 8.74. The number of anilines is 1. The molecule has 2 amide bonds. The van der Waals surface area contributed by atoms with Crippen LogP contribution in [0.2, 0.25) is 0 Å². The van der Waals surface area contributed by atoms with Crippen LogP contribution in [0.15, 0.2) is 53.2 Å². The molecule has 1 aromatic heterocycles. The van der Waals surface area contributed by atoms with E-state index in [0.29, 0.717) is 24.8 Å². The third-order valence-electron chi connectivity index (χ3n) is 6.52. The number of fused-ring (bicyclic) bond motifs is 1. The highest BCUT2D eigenvalue weighted by Crippen LogP contribution is 2.53. The number of aromatic nitrogens is 1. The van der Waals surface area contributed by atoms with Crippen LogP contribution in [-0.4, -0.2) is 47.2 Å². The highest BCUT2D eigenvalue weighted by atomic mass is 16.5. The monoisotopic (exact) mass is 407 g/mol. The van der Waals surface area contributed by atoms with Crippen LogP contribution >= 0.6 is 0 Å². The minimum Gasteiger partial charge on any atom is -0.360 e. The van der Waals surface area contributed by atoms with Crippen LogP contribution in [0.5, 0.6) is 0 Å².